The molecule has 0 aliphatic heterocycles. The molecule has 0 radical (unpaired) electrons. The molecule has 0 atom stereocenters. The molecule has 1 aromatic carbocycles. The van der Waals surface area contributed by atoms with Gasteiger partial charge in [-0.15, -0.1) is 0 Å². The van der Waals surface area contributed by atoms with E-state index in [4.69, 9.17) is 5.73 Å². The number of carbonyl (C=O) groups excluding carboxylic acids is 1. The Morgan fingerprint density at radius 3 is 2.50 bits per heavy atom. The van der Waals surface area contributed by atoms with E-state index in [1.807, 2.05) is 13.0 Å². The number of carbonyl (C=O) groups is 1. The van der Waals surface area contributed by atoms with Crippen molar-refractivity contribution in [2.24, 2.45) is 0 Å². The molecule has 0 unspecified atom stereocenters. The third-order valence-electron chi connectivity index (χ3n) is 6.27. The van der Waals surface area contributed by atoms with Crippen LogP contribution in [0.3, 0.4) is 0 Å². The van der Waals surface area contributed by atoms with E-state index in [1.54, 1.807) is 0 Å². The van der Waals surface area contributed by atoms with Crippen LogP contribution >= 0.6 is 0 Å². The topological polar surface area (TPSA) is 101 Å². The number of H-pyrrole nitrogens is 1. The Morgan fingerprint density at radius 2 is 1.78 bits per heavy atom. The first-order chi connectivity index (χ1) is 15.5. The second kappa shape index (κ2) is 11.2. The number of nitrogens with zero attached hydrogens (tertiary/aromatic N) is 2. The minimum atomic E-state index is -0.601. The maximum Gasteiger partial charge on any atom is 0.330 e. The Kier molecular flexibility index (Phi) is 8.31. The molecule has 2 aromatic rings. The quantitative estimate of drug-likeness (QED) is 0.552. The predicted molar refractivity (Wildman–Crippen MR) is 129 cm³/mol. The number of nitrogens with two attached hydrogens (primary N) is 1. The van der Waals surface area contributed by atoms with Crippen LogP contribution in [0.15, 0.2) is 27.8 Å². The van der Waals surface area contributed by atoms with Gasteiger partial charge in [-0.25, -0.2) is 4.79 Å². The van der Waals surface area contributed by atoms with E-state index in [2.05, 4.69) is 24.0 Å². The summed E-state index contributed by atoms with van der Waals surface area (Å²) in [5.74, 6) is -0.0998. The van der Waals surface area contributed by atoms with Gasteiger partial charge in [-0.3, -0.25) is 19.1 Å². The minimum absolute atomic E-state index is 0.0717. The van der Waals surface area contributed by atoms with Gasteiger partial charge in [-0.2, -0.15) is 0 Å². The fraction of sp³-hybridized carbons (Fsp3) is 0.560. The van der Waals surface area contributed by atoms with Gasteiger partial charge >= 0.3 is 5.69 Å². The van der Waals surface area contributed by atoms with Crippen LogP contribution in [0.5, 0.6) is 0 Å². The van der Waals surface area contributed by atoms with Crippen molar-refractivity contribution in [2.75, 3.05) is 17.2 Å². The first kappa shape index (κ1) is 23.8. The number of hydrogen-bond acceptors (Lipinski definition) is 4. The molecular weight excluding hydrogens is 404 g/mol. The van der Waals surface area contributed by atoms with Crippen LogP contribution in [0.2, 0.25) is 0 Å². The molecule has 0 fully saturated rings. The maximum absolute atomic E-state index is 13.4. The van der Waals surface area contributed by atoms with Gasteiger partial charge in [-0.1, -0.05) is 51.3 Å². The smallest absolute Gasteiger partial charge is 0.330 e. The summed E-state index contributed by atoms with van der Waals surface area (Å²) in [5, 5.41) is 0. The number of rotatable bonds is 10. The number of benzene rings is 1. The van der Waals surface area contributed by atoms with Crippen LogP contribution in [-0.2, 0) is 30.6 Å². The van der Waals surface area contributed by atoms with Crippen molar-refractivity contribution in [1.29, 1.82) is 0 Å². The highest BCUT2D eigenvalue weighted by atomic mass is 16.2. The average Bonchev–Trinajstić information content (AvgIpc) is 2.77. The summed E-state index contributed by atoms with van der Waals surface area (Å²) in [6.07, 6.45) is 9.08. The molecule has 1 aliphatic rings. The summed E-state index contributed by atoms with van der Waals surface area (Å²) in [4.78, 5) is 42.4. The number of nitrogen functional groups attached to an aromatic ring is 1. The molecule has 1 aliphatic carbocycles. The number of fused-ring (bicyclic) bond motifs is 1. The lowest BCUT2D eigenvalue weighted by Crippen LogP contribution is -2.42. The van der Waals surface area contributed by atoms with Crippen LogP contribution in [0.25, 0.3) is 0 Å². The molecule has 1 heterocycles. The molecule has 0 saturated heterocycles. The van der Waals surface area contributed by atoms with Crippen molar-refractivity contribution < 1.29 is 4.79 Å². The largest absolute Gasteiger partial charge is 0.383 e. The van der Waals surface area contributed by atoms with Crippen molar-refractivity contribution in [3.63, 3.8) is 0 Å². The second-order valence-electron chi connectivity index (χ2n) is 8.74. The van der Waals surface area contributed by atoms with E-state index in [0.717, 1.165) is 50.5 Å². The fourth-order valence-corrected chi connectivity index (χ4v) is 4.42. The van der Waals surface area contributed by atoms with Gasteiger partial charge < -0.3 is 10.6 Å². The Bertz CT molecular complexity index is 1050. The number of hydrogen-bond donors (Lipinski definition) is 2. The van der Waals surface area contributed by atoms with E-state index in [-0.39, 0.29) is 23.8 Å². The molecule has 7 heteroatoms. The lowest BCUT2D eigenvalue weighted by Gasteiger charge is -2.25. The third kappa shape index (κ3) is 5.50. The summed E-state index contributed by atoms with van der Waals surface area (Å²) in [6, 6.07) is 6.28. The van der Waals surface area contributed by atoms with E-state index in [1.165, 1.54) is 33.4 Å². The van der Waals surface area contributed by atoms with E-state index >= 15 is 0 Å². The van der Waals surface area contributed by atoms with Crippen molar-refractivity contribution in [3.05, 3.63) is 55.7 Å². The van der Waals surface area contributed by atoms with Gasteiger partial charge in [0.15, 0.2) is 5.69 Å². The summed E-state index contributed by atoms with van der Waals surface area (Å²) >= 11 is 0. The van der Waals surface area contributed by atoms with E-state index in [9.17, 15) is 14.4 Å². The van der Waals surface area contributed by atoms with Crippen molar-refractivity contribution >= 4 is 17.4 Å². The SMILES string of the molecule is CCCCCN(C(=O)Cc1ccc2c(c1)CCCC2)c1c(N)n(CCCC)c(=O)[nH]c1=O. The number of nitrogens with one attached hydrogen (secondary N) is 1. The lowest BCUT2D eigenvalue weighted by molar-refractivity contribution is -0.118. The maximum atomic E-state index is 13.4. The van der Waals surface area contributed by atoms with Gasteiger partial charge in [-0.05, 0) is 55.2 Å². The molecule has 32 heavy (non-hydrogen) atoms. The van der Waals surface area contributed by atoms with Crippen LogP contribution < -0.4 is 21.9 Å². The predicted octanol–water partition coefficient (Wildman–Crippen LogP) is 3.56. The monoisotopic (exact) mass is 440 g/mol. The summed E-state index contributed by atoms with van der Waals surface area (Å²) < 4.78 is 1.37. The zero-order valence-corrected chi connectivity index (χ0v) is 19.4. The molecule has 0 saturated carbocycles. The first-order valence-electron chi connectivity index (χ1n) is 12.0. The van der Waals surface area contributed by atoms with Gasteiger partial charge in [0.25, 0.3) is 5.56 Å². The summed E-state index contributed by atoms with van der Waals surface area (Å²) in [7, 11) is 0. The van der Waals surface area contributed by atoms with Gasteiger partial charge in [0.1, 0.15) is 5.82 Å². The molecular formula is C25H36N4O3. The highest BCUT2D eigenvalue weighted by molar-refractivity contribution is 5.96. The molecule has 1 amide bonds. The molecule has 3 rings (SSSR count). The third-order valence-corrected chi connectivity index (χ3v) is 6.27. The van der Waals surface area contributed by atoms with Crippen molar-refractivity contribution in [1.82, 2.24) is 9.55 Å². The highest BCUT2D eigenvalue weighted by Crippen LogP contribution is 2.24. The average molecular weight is 441 g/mol. The number of aryl methyl sites for hydroxylation is 2. The highest BCUT2D eigenvalue weighted by Gasteiger charge is 2.24. The molecule has 7 nitrogen and oxygen atoms in total. The van der Waals surface area contributed by atoms with E-state index in [0.29, 0.717) is 13.1 Å². The number of aromatic nitrogens is 2. The fourth-order valence-electron chi connectivity index (χ4n) is 4.42. The molecule has 0 spiro atoms. The zero-order valence-electron chi connectivity index (χ0n) is 19.4. The Morgan fingerprint density at radius 1 is 1.06 bits per heavy atom. The van der Waals surface area contributed by atoms with Crippen LogP contribution in [0.4, 0.5) is 11.5 Å². The van der Waals surface area contributed by atoms with Gasteiger partial charge in [0, 0.05) is 13.1 Å². The minimum Gasteiger partial charge on any atom is -0.383 e. The molecule has 3 N–H and O–H groups in total. The summed E-state index contributed by atoms with van der Waals surface area (Å²) in [6.45, 7) is 4.92. The summed E-state index contributed by atoms with van der Waals surface area (Å²) in [5.41, 5.74) is 8.91. The second-order valence-corrected chi connectivity index (χ2v) is 8.74. The number of amides is 1. The lowest BCUT2D eigenvalue weighted by atomic mass is 9.90. The van der Waals surface area contributed by atoms with Gasteiger partial charge in [0.2, 0.25) is 5.91 Å². The van der Waals surface area contributed by atoms with E-state index < -0.39 is 11.2 Å². The van der Waals surface area contributed by atoms with Crippen molar-refractivity contribution in [2.45, 2.75) is 84.6 Å². The number of unbranched alkanes of at least 4 members (excludes halogenated alkanes) is 3. The Hall–Kier alpha value is -2.83. The normalized spacial score (nSPS) is 13.1. The Labute approximate surface area is 189 Å². The van der Waals surface area contributed by atoms with Crippen LogP contribution in [0.1, 0.15) is 75.5 Å². The van der Waals surface area contributed by atoms with Crippen molar-refractivity contribution in [3.8, 4) is 0 Å². The first-order valence-corrected chi connectivity index (χ1v) is 12.0. The van der Waals surface area contributed by atoms with Crippen LogP contribution in [0, 0.1) is 0 Å². The molecule has 1 aromatic heterocycles. The number of aromatic amines is 1. The standard InChI is InChI=1S/C25H36N4O3/c1-3-5-9-15-28(22-23(26)29(14-6-4-2)25(32)27-24(22)31)21(30)17-18-12-13-19-10-7-8-11-20(19)16-18/h12-13,16H,3-11,14-15,17,26H2,1-2H3,(H,27,31,32). The Balaban J connectivity index is 1.93. The number of anilines is 2. The molecule has 0 bridgehead atoms. The molecule has 174 valence electrons. The van der Waals surface area contributed by atoms with Crippen LogP contribution in [-0.4, -0.2) is 22.0 Å². The van der Waals surface area contributed by atoms with Gasteiger partial charge in [0.05, 0.1) is 6.42 Å². The zero-order chi connectivity index (χ0) is 23.1.